The maximum absolute atomic E-state index is 6.48. The molecule has 0 aliphatic carbocycles. The van der Waals surface area contributed by atoms with Gasteiger partial charge in [-0.3, -0.25) is 0 Å². The van der Waals surface area contributed by atoms with Gasteiger partial charge in [0.25, 0.3) is 0 Å². The molecule has 3 aromatic carbocycles. The molecule has 0 aliphatic rings. The van der Waals surface area contributed by atoms with E-state index < -0.39 is 0 Å². The zero-order valence-corrected chi connectivity index (χ0v) is 19.4. The minimum Gasteiger partial charge on any atom is -0.493 e. The number of ether oxygens (including phenoxy) is 2. The first-order valence-electron chi connectivity index (χ1n) is 9.55. The van der Waals surface area contributed by atoms with Crippen LogP contribution < -0.4 is 14.8 Å². The van der Waals surface area contributed by atoms with Gasteiger partial charge in [0.05, 0.1) is 12.1 Å². The molecule has 0 aliphatic heterocycles. The third-order valence-electron chi connectivity index (χ3n) is 4.63. The first-order valence-corrected chi connectivity index (χ1v) is 10.3. The number of benzene rings is 3. The Morgan fingerprint density at radius 3 is 2.20 bits per heavy atom. The number of methoxy groups -OCH3 is 1. The molecule has 0 saturated carbocycles. The van der Waals surface area contributed by atoms with Crippen LogP contribution in [-0.2, 0) is 19.6 Å². The molecule has 0 fully saturated rings. The second-order valence-electron chi connectivity index (χ2n) is 6.94. The number of aryl methyl sites for hydroxylation is 1. The third-order valence-corrected chi connectivity index (χ3v) is 5.16. The highest BCUT2D eigenvalue weighted by atomic mass is 35.5. The highest BCUT2D eigenvalue weighted by Crippen LogP contribution is 2.37. The summed E-state index contributed by atoms with van der Waals surface area (Å²) in [4.78, 5) is 0. The Bertz CT molecular complexity index is 928. The monoisotopic (exact) mass is 465 g/mol. The standard InChI is InChI=1S/C24H25Cl2NO2.ClH/c1-17-3-5-19(6-4-17)16-29-24-22(26)13-20(14-23(24)28-2)15-27-12-11-18-7-9-21(25)10-8-18;/h3-10,13-14,27H,11-12,15-16H2,1-2H3;1H. The van der Waals surface area contributed by atoms with E-state index in [-0.39, 0.29) is 12.4 Å². The minimum absolute atomic E-state index is 0. The molecular weight excluding hydrogens is 441 g/mol. The van der Waals surface area contributed by atoms with Gasteiger partial charge in [-0.15, -0.1) is 12.4 Å². The van der Waals surface area contributed by atoms with E-state index in [0.717, 1.165) is 29.1 Å². The van der Waals surface area contributed by atoms with Gasteiger partial charge in [-0.2, -0.15) is 0 Å². The van der Waals surface area contributed by atoms with Crippen LogP contribution in [0.3, 0.4) is 0 Å². The van der Waals surface area contributed by atoms with Crippen LogP contribution in [0, 0.1) is 6.92 Å². The van der Waals surface area contributed by atoms with E-state index in [2.05, 4.69) is 36.5 Å². The van der Waals surface area contributed by atoms with Gasteiger partial charge < -0.3 is 14.8 Å². The molecule has 0 atom stereocenters. The van der Waals surface area contributed by atoms with Gasteiger partial charge in [0.1, 0.15) is 6.61 Å². The average molecular weight is 467 g/mol. The van der Waals surface area contributed by atoms with Gasteiger partial charge in [-0.1, -0.05) is 65.2 Å². The Labute approximate surface area is 194 Å². The smallest absolute Gasteiger partial charge is 0.180 e. The molecule has 0 radical (unpaired) electrons. The van der Waals surface area contributed by atoms with Gasteiger partial charge in [0, 0.05) is 11.6 Å². The molecule has 160 valence electrons. The number of hydrogen-bond acceptors (Lipinski definition) is 3. The van der Waals surface area contributed by atoms with Crippen LogP contribution >= 0.6 is 35.6 Å². The molecule has 0 spiro atoms. The quantitative estimate of drug-likeness (QED) is 0.358. The van der Waals surface area contributed by atoms with E-state index in [0.29, 0.717) is 29.7 Å². The lowest BCUT2D eigenvalue weighted by Gasteiger charge is -2.15. The van der Waals surface area contributed by atoms with Crippen LogP contribution in [0.4, 0.5) is 0 Å². The summed E-state index contributed by atoms with van der Waals surface area (Å²) >= 11 is 12.4. The maximum Gasteiger partial charge on any atom is 0.180 e. The van der Waals surface area contributed by atoms with Crippen LogP contribution in [-0.4, -0.2) is 13.7 Å². The zero-order chi connectivity index (χ0) is 20.6. The number of halogens is 3. The summed E-state index contributed by atoms with van der Waals surface area (Å²) < 4.78 is 11.5. The van der Waals surface area contributed by atoms with Gasteiger partial charge in [-0.05, 0) is 60.8 Å². The van der Waals surface area contributed by atoms with Crippen molar-refractivity contribution >= 4 is 35.6 Å². The summed E-state index contributed by atoms with van der Waals surface area (Å²) in [7, 11) is 1.63. The fourth-order valence-corrected chi connectivity index (χ4v) is 3.39. The molecule has 0 unspecified atom stereocenters. The third kappa shape index (κ3) is 7.10. The summed E-state index contributed by atoms with van der Waals surface area (Å²) in [5.41, 5.74) is 4.60. The number of nitrogens with one attached hydrogen (secondary N) is 1. The molecule has 0 amide bonds. The summed E-state index contributed by atoms with van der Waals surface area (Å²) in [6, 6.07) is 20.0. The molecule has 30 heavy (non-hydrogen) atoms. The summed E-state index contributed by atoms with van der Waals surface area (Å²) in [5, 5.41) is 4.74. The van der Waals surface area contributed by atoms with Crippen molar-refractivity contribution < 1.29 is 9.47 Å². The number of hydrogen-bond donors (Lipinski definition) is 1. The lowest BCUT2D eigenvalue weighted by Crippen LogP contribution is -2.16. The van der Waals surface area contributed by atoms with Crippen molar-refractivity contribution in [1.82, 2.24) is 5.32 Å². The van der Waals surface area contributed by atoms with Crippen molar-refractivity contribution in [2.24, 2.45) is 0 Å². The van der Waals surface area contributed by atoms with E-state index in [4.69, 9.17) is 32.7 Å². The fraction of sp³-hybridized carbons (Fsp3) is 0.250. The molecule has 3 rings (SSSR count). The number of rotatable bonds is 9. The Balaban J connectivity index is 0.00000320. The predicted molar refractivity (Wildman–Crippen MR) is 128 cm³/mol. The first kappa shape index (κ1) is 24.4. The van der Waals surface area contributed by atoms with Crippen LogP contribution in [0.15, 0.2) is 60.7 Å². The van der Waals surface area contributed by atoms with Crippen molar-refractivity contribution in [1.29, 1.82) is 0 Å². The van der Waals surface area contributed by atoms with Crippen molar-refractivity contribution in [3.63, 3.8) is 0 Å². The second-order valence-corrected chi connectivity index (χ2v) is 7.78. The van der Waals surface area contributed by atoms with Crippen LogP contribution in [0.1, 0.15) is 22.3 Å². The SMILES string of the molecule is COc1cc(CNCCc2ccc(Cl)cc2)cc(Cl)c1OCc1ccc(C)cc1.Cl. The molecule has 3 aromatic rings. The van der Waals surface area contributed by atoms with Crippen LogP contribution in [0.5, 0.6) is 11.5 Å². The van der Waals surface area contributed by atoms with E-state index in [1.807, 2.05) is 36.4 Å². The highest BCUT2D eigenvalue weighted by molar-refractivity contribution is 6.32. The summed E-state index contributed by atoms with van der Waals surface area (Å²) in [6.45, 7) is 4.05. The molecule has 0 heterocycles. The average Bonchev–Trinajstić information content (AvgIpc) is 2.72. The normalized spacial score (nSPS) is 10.4. The van der Waals surface area contributed by atoms with Crippen molar-refractivity contribution in [2.45, 2.75) is 26.5 Å². The Hall–Kier alpha value is -1.91. The first-order chi connectivity index (χ1) is 14.0. The van der Waals surface area contributed by atoms with E-state index in [9.17, 15) is 0 Å². The summed E-state index contributed by atoms with van der Waals surface area (Å²) in [6.07, 6.45) is 0.930. The van der Waals surface area contributed by atoms with Gasteiger partial charge in [-0.25, -0.2) is 0 Å². The largest absolute Gasteiger partial charge is 0.493 e. The molecular formula is C24H26Cl3NO2. The van der Waals surface area contributed by atoms with Crippen LogP contribution in [0.25, 0.3) is 0 Å². The minimum atomic E-state index is 0. The van der Waals surface area contributed by atoms with E-state index >= 15 is 0 Å². The van der Waals surface area contributed by atoms with Gasteiger partial charge in [0.2, 0.25) is 0 Å². The Kier molecular flexibility index (Phi) is 9.80. The summed E-state index contributed by atoms with van der Waals surface area (Å²) in [5.74, 6) is 1.21. The predicted octanol–water partition coefficient (Wildman–Crippen LogP) is 6.64. The van der Waals surface area contributed by atoms with Crippen molar-refractivity contribution in [3.05, 3.63) is 93.0 Å². The van der Waals surface area contributed by atoms with Crippen LogP contribution in [0.2, 0.25) is 10.0 Å². The lowest BCUT2D eigenvalue weighted by atomic mass is 10.1. The molecule has 0 aromatic heterocycles. The maximum atomic E-state index is 6.48. The second kappa shape index (κ2) is 12.1. The van der Waals surface area contributed by atoms with E-state index in [1.54, 1.807) is 7.11 Å². The Morgan fingerprint density at radius 1 is 0.867 bits per heavy atom. The van der Waals surface area contributed by atoms with E-state index in [1.165, 1.54) is 11.1 Å². The Morgan fingerprint density at radius 2 is 1.53 bits per heavy atom. The van der Waals surface area contributed by atoms with Crippen molar-refractivity contribution in [3.8, 4) is 11.5 Å². The molecule has 0 saturated heterocycles. The molecule has 1 N–H and O–H groups in total. The van der Waals surface area contributed by atoms with Gasteiger partial charge >= 0.3 is 0 Å². The molecule has 6 heteroatoms. The molecule has 3 nitrogen and oxygen atoms in total. The molecule has 0 bridgehead atoms. The topological polar surface area (TPSA) is 30.5 Å². The highest BCUT2D eigenvalue weighted by Gasteiger charge is 2.12. The van der Waals surface area contributed by atoms with Crippen molar-refractivity contribution in [2.75, 3.05) is 13.7 Å². The fourth-order valence-electron chi connectivity index (χ4n) is 2.97. The zero-order valence-electron chi connectivity index (χ0n) is 17.1. The lowest BCUT2D eigenvalue weighted by molar-refractivity contribution is 0.284. The van der Waals surface area contributed by atoms with Gasteiger partial charge in [0.15, 0.2) is 11.5 Å².